The van der Waals surface area contributed by atoms with Gasteiger partial charge in [0.2, 0.25) is 5.91 Å². The Labute approximate surface area is 233 Å². The first kappa shape index (κ1) is 28.8. The Morgan fingerprint density at radius 1 is 1.10 bits per heavy atom. The van der Waals surface area contributed by atoms with Gasteiger partial charge in [-0.05, 0) is 44.3 Å². The van der Waals surface area contributed by atoms with E-state index in [0.29, 0.717) is 56.2 Å². The number of carbonyl (C=O) groups excluding carboxylic acids is 1. The van der Waals surface area contributed by atoms with Crippen LogP contribution in [0.1, 0.15) is 17.8 Å². The van der Waals surface area contributed by atoms with Crippen LogP contribution in [0.25, 0.3) is 21.9 Å². The number of hydrogen-bond donors (Lipinski definition) is 2. The topological polar surface area (TPSA) is 136 Å². The lowest BCUT2D eigenvalue weighted by atomic mass is 10.1. The molecule has 2 aromatic heterocycles. The fourth-order valence-electron chi connectivity index (χ4n) is 4.71. The Morgan fingerprint density at radius 3 is 2.65 bits per heavy atom. The number of nitrogens with zero attached hydrogens (tertiary/aromatic N) is 5. The molecule has 0 aliphatic carbocycles. The number of pyridine rings is 1. The number of hydrogen-bond acceptors (Lipinski definition) is 8. The summed E-state index contributed by atoms with van der Waals surface area (Å²) in [6.45, 7) is 1.87. The molecule has 0 aliphatic rings. The average Bonchev–Trinajstić information content (AvgIpc) is 3.29. The Hall–Kier alpha value is -4.22. The summed E-state index contributed by atoms with van der Waals surface area (Å²) in [6, 6.07) is 15.0. The van der Waals surface area contributed by atoms with Gasteiger partial charge in [-0.25, -0.2) is 14.8 Å². The smallest absolute Gasteiger partial charge is 0.341 e. The second-order valence-corrected chi connectivity index (χ2v) is 9.87. The molecule has 0 saturated carbocycles. The summed E-state index contributed by atoms with van der Waals surface area (Å²) in [5.41, 5.74) is 9.58. The van der Waals surface area contributed by atoms with Crippen molar-refractivity contribution in [1.82, 2.24) is 24.3 Å². The molecule has 0 radical (unpaired) electrons. The fourth-order valence-corrected chi connectivity index (χ4v) is 4.71. The first-order valence-corrected chi connectivity index (χ1v) is 13.1. The molecule has 0 saturated heterocycles. The average molecular weight is 549 g/mol. The van der Waals surface area contributed by atoms with Gasteiger partial charge >= 0.3 is 5.97 Å². The lowest BCUT2D eigenvalue weighted by molar-refractivity contribution is -0.139. The van der Waals surface area contributed by atoms with E-state index in [1.807, 2.05) is 54.2 Å². The van der Waals surface area contributed by atoms with Crippen LogP contribution in [-0.2, 0) is 33.8 Å². The molecule has 0 fully saturated rings. The molecule has 3 N–H and O–H groups in total. The van der Waals surface area contributed by atoms with Crippen LogP contribution in [0.4, 0.5) is 5.82 Å². The number of imidazole rings is 1. The largest absolute Gasteiger partial charge is 0.482 e. The Balaban J connectivity index is 1.58. The van der Waals surface area contributed by atoms with Gasteiger partial charge in [-0.1, -0.05) is 30.3 Å². The standard InChI is InChI=1S/C29H36N6O5/c1-33(2)18-25(36)34(17-20-8-6-9-21(16-20)40-19-26(37)38)13-7-14-35-24(12-15-39-3)32-27-28(35)22-10-4-5-11-23(22)31-29(27)30/h4-6,8-11,16H,7,12-15,17-19H2,1-3H3,(H2,30,31)(H,37,38). The van der Waals surface area contributed by atoms with Crippen molar-refractivity contribution in [3.63, 3.8) is 0 Å². The lowest BCUT2D eigenvalue weighted by Crippen LogP contribution is -2.38. The summed E-state index contributed by atoms with van der Waals surface area (Å²) >= 11 is 0. The second kappa shape index (κ2) is 13.2. The number of carboxylic acid groups (broad SMARTS) is 1. The highest BCUT2D eigenvalue weighted by Crippen LogP contribution is 2.29. The number of methoxy groups -OCH3 is 1. The minimum atomic E-state index is -1.05. The maximum atomic E-state index is 13.2. The predicted octanol–water partition coefficient (Wildman–Crippen LogP) is 2.80. The van der Waals surface area contributed by atoms with E-state index in [1.54, 1.807) is 25.3 Å². The molecule has 0 spiro atoms. The number of aliphatic carboxylic acids is 1. The maximum Gasteiger partial charge on any atom is 0.341 e. The van der Waals surface area contributed by atoms with E-state index in [-0.39, 0.29) is 12.5 Å². The van der Waals surface area contributed by atoms with Crippen LogP contribution in [0.5, 0.6) is 5.75 Å². The first-order valence-electron chi connectivity index (χ1n) is 13.1. The first-order chi connectivity index (χ1) is 19.3. The highest BCUT2D eigenvalue weighted by Gasteiger charge is 2.19. The number of aromatic nitrogens is 3. The Morgan fingerprint density at radius 2 is 1.90 bits per heavy atom. The third-order valence-corrected chi connectivity index (χ3v) is 6.47. The van der Waals surface area contributed by atoms with E-state index in [9.17, 15) is 9.59 Å². The number of aryl methyl sites for hydroxylation is 1. The monoisotopic (exact) mass is 548 g/mol. The molecule has 0 bridgehead atoms. The van der Waals surface area contributed by atoms with Gasteiger partial charge in [-0.15, -0.1) is 0 Å². The number of likely N-dealkylation sites (N-methyl/N-ethyl adjacent to an activating group) is 1. The molecule has 4 aromatic rings. The predicted molar refractivity (Wildman–Crippen MR) is 153 cm³/mol. The SMILES string of the molecule is COCCc1nc2c(N)nc3ccccc3c2n1CCCN(Cc1cccc(OCC(=O)O)c1)C(=O)CN(C)C. The molecule has 212 valence electrons. The van der Waals surface area contributed by atoms with E-state index in [1.165, 1.54) is 0 Å². The van der Waals surface area contributed by atoms with E-state index in [4.69, 9.17) is 25.3 Å². The van der Waals surface area contributed by atoms with Gasteiger partial charge in [0, 0.05) is 38.6 Å². The van der Waals surface area contributed by atoms with Crippen molar-refractivity contribution < 1.29 is 24.2 Å². The number of ether oxygens (including phenoxy) is 2. The molecule has 4 rings (SSSR count). The van der Waals surface area contributed by atoms with Crippen LogP contribution in [0.15, 0.2) is 48.5 Å². The van der Waals surface area contributed by atoms with Crippen molar-refractivity contribution in [1.29, 1.82) is 0 Å². The Kier molecular flexibility index (Phi) is 9.52. The summed E-state index contributed by atoms with van der Waals surface area (Å²) in [4.78, 5) is 37.1. The molecule has 40 heavy (non-hydrogen) atoms. The molecule has 0 unspecified atom stereocenters. The van der Waals surface area contributed by atoms with Crippen LogP contribution in [0.3, 0.4) is 0 Å². The van der Waals surface area contributed by atoms with Crippen LogP contribution in [-0.4, -0.2) is 88.8 Å². The third kappa shape index (κ3) is 7.04. The summed E-state index contributed by atoms with van der Waals surface area (Å²) in [5, 5.41) is 9.90. The van der Waals surface area contributed by atoms with Gasteiger partial charge in [0.15, 0.2) is 12.4 Å². The van der Waals surface area contributed by atoms with Gasteiger partial charge in [0.25, 0.3) is 0 Å². The number of carbonyl (C=O) groups is 2. The van der Waals surface area contributed by atoms with Gasteiger partial charge in [-0.2, -0.15) is 0 Å². The maximum absolute atomic E-state index is 13.2. The number of amides is 1. The van der Waals surface area contributed by atoms with Crippen molar-refractivity contribution in [3.05, 3.63) is 59.9 Å². The zero-order valence-corrected chi connectivity index (χ0v) is 23.2. The van der Waals surface area contributed by atoms with Gasteiger partial charge in [0.05, 0.1) is 24.2 Å². The zero-order valence-electron chi connectivity index (χ0n) is 23.2. The molecule has 0 aliphatic heterocycles. The number of rotatable bonds is 14. The number of nitrogens with two attached hydrogens (primary N) is 1. The zero-order chi connectivity index (χ0) is 28.6. The highest BCUT2D eigenvalue weighted by atomic mass is 16.5. The van der Waals surface area contributed by atoms with Crippen LogP contribution in [0, 0.1) is 0 Å². The van der Waals surface area contributed by atoms with Gasteiger partial charge in [-0.3, -0.25) is 4.79 Å². The number of anilines is 1. The second-order valence-electron chi connectivity index (χ2n) is 9.87. The number of fused-ring (bicyclic) bond motifs is 3. The molecular formula is C29H36N6O5. The van der Waals surface area contributed by atoms with Crippen LogP contribution >= 0.6 is 0 Å². The number of para-hydroxylation sites is 1. The van der Waals surface area contributed by atoms with Crippen molar-refractivity contribution in [3.8, 4) is 5.75 Å². The molecule has 2 heterocycles. The van der Waals surface area contributed by atoms with E-state index < -0.39 is 12.6 Å². The minimum Gasteiger partial charge on any atom is -0.482 e. The summed E-state index contributed by atoms with van der Waals surface area (Å²) in [5.74, 6) is 0.645. The Bertz CT molecular complexity index is 1480. The van der Waals surface area contributed by atoms with Crippen molar-refractivity contribution in [2.75, 3.05) is 53.2 Å². The highest BCUT2D eigenvalue weighted by molar-refractivity contribution is 6.06. The van der Waals surface area contributed by atoms with Crippen LogP contribution in [0.2, 0.25) is 0 Å². The summed E-state index contributed by atoms with van der Waals surface area (Å²) in [7, 11) is 5.38. The molecule has 2 aromatic carbocycles. The molecule has 0 atom stereocenters. The third-order valence-electron chi connectivity index (χ3n) is 6.47. The number of benzene rings is 2. The van der Waals surface area contributed by atoms with E-state index in [2.05, 4.69) is 9.55 Å². The molecule has 11 heteroatoms. The lowest BCUT2D eigenvalue weighted by Gasteiger charge is -2.25. The number of nitrogen functional groups attached to an aromatic ring is 1. The molecule has 11 nitrogen and oxygen atoms in total. The van der Waals surface area contributed by atoms with E-state index in [0.717, 1.165) is 27.8 Å². The molecular weight excluding hydrogens is 512 g/mol. The van der Waals surface area contributed by atoms with Gasteiger partial charge < -0.3 is 34.7 Å². The van der Waals surface area contributed by atoms with Crippen LogP contribution < -0.4 is 10.5 Å². The van der Waals surface area contributed by atoms with Gasteiger partial charge in [0.1, 0.15) is 17.1 Å². The van der Waals surface area contributed by atoms with Crippen molar-refractivity contribution >= 4 is 39.6 Å². The fraction of sp³-hybridized carbons (Fsp3) is 0.379. The van der Waals surface area contributed by atoms with Crippen molar-refractivity contribution in [2.24, 2.45) is 0 Å². The normalized spacial score (nSPS) is 11.4. The molecule has 1 amide bonds. The van der Waals surface area contributed by atoms with E-state index >= 15 is 0 Å². The number of carboxylic acids is 1. The summed E-state index contributed by atoms with van der Waals surface area (Å²) in [6.07, 6.45) is 1.29. The minimum absolute atomic E-state index is 0.00385. The summed E-state index contributed by atoms with van der Waals surface area (Å²) < 4.78 is 12.8. The quantitative estimate of drug-likeness (QED) is 0.244. The van der Waals surface area contributed by atoms with Crippen molar-refractivity contribution in [2.45, 2.75) is 25.9 Å².